The van der Waals surface area contributed by atoms with E-state index in [9.17, 15) is 4.79 Å². The summed E-state index contributed by atoms with van der Waals surface area (Å²) in [7, 11) is 0. The quantitative estimate of drug-likeness (QED) is 0.762. The lowest BCUT2D eigenvalue weighted by atomic mass is 9.83. The van der Waals surface area contributed by atoms with E-state index in [0.29, 0.717) is 24.1 Å². The molecule has 2 aliphatic heterocycles. The van der Waals surface area contributed by atoms with Crippen molar-refractivity contribution in [2.24, 2.45) is 4.99 Å². The highest BCUT2D eigenvalue weighted by Crippen LogP contribution is 2.47. The molecule has 0 bridgehead atoms. The zero-order chi connectivity index (χ0) is 17.4. The van der Waals surface area contributed by atoms with Crippen LogP contribution in [0.2, 0.25) is 0 Å². The summed E-state index contributed by atoms with van der Waals surface area (Å²) in [6.07, 6.45) is 0.268. The zero-order valence-electron chi connectivity index (χ0n) is 14.2. The van der Waals surface area contributed by atoms with E-state index in [1.165, 1.54) is 11.8 Å². The predicted octanol–water partition coefficient (Wildman–Crippen LogP) is 2.88. The Labute approximate surface area is 146 Å². The Balaban J connectivity index is 1.86. The number of amides is 1. The second-order valence-corrected chi connectivity index (χ2v) is 8.22. The average Bonchev–Trinajstić information content (AvgIpc) is 2.84. The van der Waals surface area contributed by atoms with Gasteiger partial charge in [-0.15, -0.1) is 0 Å². The SMILES string of the molecule is CC(C)(C)OC(=O)NC1=N[C@@]2(c3cccc(N)c3)CCOCC2S1. The summed E-state index contributed by atoms with van der Waals surface area (Å²) in [4.78, 5) is 16.9. The molecule has 0 aliphatic carbocycles. The number of alkyl carbamates (subject to hydrolysis) is 1. The van der Waals surface area contributed by atoms with Gasteiger partial charge in [-0.2, -0.15) is 0 Å². The highest BCUT2D eigenvalue weighted by Gasteiger charge is 2.48. The molecule has 3 rings (SSSR count). The highest BCUT2D eigenvalue weighted by atomic mass is 32.2. The smallest absolute Gasteiger partial charge is 0.413 e. The molecule has 1 amide bonds. The Morgan fingerprint density at radius 1 is 1.50 bits per heavy atom. The van der Waals surface area contributed by atoms with E-state index in [-0.39, 0.29) is 5.25 Å². The molecule has 1 fully saturated rings. The first kappa shape index (κ1) is 17.1. The zero-order valence-corrected chi connectivity index (χ0v) is 15.0. The minimum absolute atomic E-state index is 0.109. The van der Waals surface area contributed by atoms with Crippen molar-refractivity contribution >= 4 is 28.7 Å². The van der Waals surface area contributed by atoms with Gasteiger partial charge in [0.05, 0.1) is 11.9 Å². The number of nitrogens with zero attached hydrogens (tertiary/aromatic N) is 1. The van der Waals surface area contributed by atoms with Crippen LogP contribution in [0.4, 0.5) is 10.5 Å². The lowest BCUT2D eigenvalue weighted by molar-refractivity contribution is 0.0562. The number of benzene rings is 1. The highest BCUT2D eigenvalue weighted by molar-refractivity contribution is 8.14. The minimum atomic E-state index is -0.546. The van der Waals surface area contributed by atoms with Gasteiger partial charge in [-0.1, -0.05) is 23.9 Å². The first-order valence-electron chi connectivity index (χ1n) is 7.99. The van der Waals surface area contributed by atoms with Crippen molar-refractivity contribution in [2.75, 3.05) is 18.9 Å². The van der Waals surface area contributed by atoms with Gasteiger partial charge in [-0.25, -0.2) is 9.79 Å². The van der Waals surface area contributed by atoms with Crippen LogP contribution in [-0.4, -0.2) is 35.3 Å². The fraction of sp³-hybridized carbons (Fsp3) is 0.529. The van der Waals surface area contributed by atoms with Crippen molar-refractivity contribution < 1.29 is 14.3 Å². The average molecular weight is 349 g/mol. The first-order chi connectivity index (χ1) is 11.3. The maximum absolute atomic E-state index is 12.0. The van der Waals surface area contributed by atoms with Gasteiger partial charge < -0.3 is 15.2 Å². The van der Waals surface area contributed by atoms with Crippen LogP contribution in [0.15, 0.2) is 29.3 Å². The molecule has 2 atom stereocenters. The fourth-order valence-corrected chi connectivity index (χ4v) is 4.26. The Morgan fingerprint density at radius 3 is 3.00 bits per heavy atom. The molecule has 1 aromatic rings. The summed E-state index contributed by atoms with van der Waals surface area (Å²) in [5, 5.41) is 3.45. The molecule has 130 valence electrons. The fourth-order valence-electron chi connectivity index (χ4n) is 2.97. The van der Waals surface area contributed by atoms with Gasteiger partial charge in [0, 0.05) is 18.7 Å². The van der Waals surface area contributed by atoms with Crippen LogP contribution < -0.4 is 11.1 Å². The minimum Gasteiger partial charge on any atom is -0.444 e. The number of nitrogen functional groups attached to an aromatic ring is 1. The molecule has 2 heterocycles. The lowest BCUT2D eigenvalue weighted by Crippen LogP contribution is -2.41. The first-order valence-corrected chi connectivity index (χ1v) is 8.87. The number of carbonyl (C=O) groups excluding carboxylic acids is 1. The molecule has 0 saturated carbocycles. The third-order valence-electron chi connectivity index (χ3n) is 3.98. The molecule has 0 spiro atoms. The maximum Gasteiger partial charge on any atom is 0.413 e. The predicted molar refractivity (Wildman–Crippen MR) is 96.2 cm³/mol. The van der Waals surface area contributed by atoms with Gasteiger partial charge in [0.1, 0.15) is 11.1 Å². The van der Waals surface area contributed by atoms with E-state index in [4.69, 9.17) is 20.2 Å². The molecular formula is C17H23N3O3S. The summed E-state index contributed by atoms with van der Waals surface area (Å²) in [5.74, 6) is 0. The van der Waals surface area contributed by atoms with Crippen LogP contribution in [0, 0.1) is 0 Å². The number of hydrogen-bond acceptors (Lipinski definition) is 6. The molecule has 24 heavy (non-hydrogen) atoms. The van der Waals surface area contributed by atoms with Crippen LogP contribution in [-0.2, 0) is 15.0 Å². The van der Waals surface area contributed by atoms with Crippen LogP contribution in [0.25, 0.3) is 0 Å². The summed E-state index contributed by atoms with van der Waals surface area (Å²) in [6.45, 7) is 6.71. The molecule has 1 unspecified atom stereocenters. The van der Waals surface area contributed by atoms with Crippen LogP contribution in [0.1, 0.15) is 32.8 Å². The van der Waals surface area contributed by atoms with Crippen LogP contribution in [0.3, 0.4) is 0 Å². The lowest BCUT2D eigenvalue weighted by Gasteiger charge is -2.36. The molecule has 1 aromatic carbocycles. The van der Waals surface area contributed by atoms with Crippen molar-refractivity contribution in [3.63, 3.8) is 0 Å². The largest absolute Gasteiger partial charge is 0.444 e. The summed E-state index contributed by atoms with van der Waals surface area (Å²) in [5.41, 5.74) is 6.76. The van der Waals surface area contributed by atoms with Gasteiger partial charge in [-0.3, -0.25) is 5.32 Å². The topological polar surface area (TPSA) is 85.9 Å². The second-order valence-electron chi connectivity index (χ2n) is 7.02. The van der Waals surface area contributed by atoms with Crippen molar-refractivity contribution in [3.05, 3.63) is 29.8 Å². The van der Waals surface area contributed by atoms with Crippen molar-refractivity contribution in [1.29, 1.82) is 0 Å². The van der Waals surface area contributed by atoms with Gasteiger partial charge in [0.15, 0.2) is 5.17 Å². The number of ether oxygens (including phenoxy) is 2. The van der Waals surface area contributed by atoms with E-state index in [1.54, 1.807) is 0 Å². The summed E-state index contributed by atoms with van der Waals surface area (Å²) >= 11 is 1.52. The number of hydrogen-bond donors (Lipinski definition) is 2. The Morgan fingerprint density at radius 2 is 2.29 bits per heavy atom. The normalized spacial score (nSPS) is 26.5. The number of amidine groups is 1. The molecular weight excluding hydrogens is 326 g/mol. The monoisotopic (exact) mass is 349 g/mol. The maximum atomic E-state index is 12.0. The van der Waals surface area contributed by atoms with Crippen molar-refractivity contribution in [3.8, 4) is 0 Å². The van der Waals surface area contributed by atoms with E-state index in [2.05, 4.69) is 5.32 Å². The van der Waals surface area contributed by atoms with Gasteiger partial charge >= 0.3 is 6.09 Å². The second kappa shape index (κ2) is 6.29. The molecule has 6 nitrogen and oxygen atoms in total. The molecule has 3 N–H and O–H groups in total. The number of anilines is 1. The summed E-state index contributed by atoms with van der Waals surface area (Å²) < 4.78 is 10.9. The van der Waals surface area contributed by atoms with Gasteiger partial charge in [0.25, 0.3) is 0 Å². The standard InChI is InChI=1S/C17H23N3O3S/c1-16(2,3)23-15(21)19-14-20-17(7-8-22-10-13(17)24-14)11-5-4-6-12(18)9-11/h4-6,9,13H,7-8,10,18H2,1-3H3,(H,19,20,21)/t13?,17-/m1/s1. The van der Waals surface area contributed by atoms with Gasteiger partial charge in [0.2, 0.25) is 0 Å². The van der Waals surface area contributed by atoms with E-state index >= 15 is 0 Å². The number of fused-ring (bicyclic) bond motifs is 1. The molecule has 1 saturated heterocycles. The van der Waals surface area contributed by atoms with E-state index in [1.807, 2.05) is 45.0 Å². The van der Waals surface area contributed by atoms with Crippen LogP contribution in [0.5, 0.6) is 0 Å². The number of nitrogens with one attached hydrogen (secondary N) is 1. The third kappa shape index (κ3) is 3.52. The third-order valence-corrected chi connectivity index (χ3v) is 5.21. The van der Waals surface area contributed by atoms with E-state index in [0.717, 1.165) is 12.0 Å². The number of rotatable bonds is 1. The molecule has 0 radical (unpaired) electrons. The van der Waals surface area contributed by atoms with Crippen LogP contribution >= 0.6 is 11.8 Å². The molecule has 7 heteroatoms. The number of aliphatic imine (C=N–C) groups is 1. The Kier molecular flexibility index (Phi) is 4.48. The van der Waals surface area contributed by atoms with Crippen molar-refractivity contribution in [1.82, 2.24) is 5.32 Å². The van der Waals surface area contributed by atoms with E-state index < -0.39 is 17.2 Å². The van der Waals surface area contributed by atoms with Crippen molar-refractivity contribution in [2.45, 2.75) is 43.6 Å². The Bertz CT molecular complexity index is 671. The Hall–Kier alpha value is -1.73. The summed E-state index contributed by atoms with van der Waals surface area (Å²) in [6, 6.07) is 7.79. The number of carbonyl (C=O) groups is 1. The number of thioether (sulfide) groups is 1. The number of nitrogens with two attached hydrogens (primary N) is 1. The van der Waals surface area contributed by atoms with Gasteiger partial charge in [-0.05, 0) is 38.5 Å². The molecule has 0 aromatic heterocycles. The molecule has 2 aliphatic rings.